The highest BCUT2D eigenvalue weighted by molar-refractivity contribution is 5.93. The molecule has 0 saturated heterocycles. The molecule has 2 aromatic rings. The number of nitrogens with zero attached hydrogens (tertiary/aromatic N) is 3. The number of ether oxygens (including phenoxy) is 1. The molecule has 1 heterocycles. The summed E-state index contributed by atoms with van der Waals surface area (Å²) in [6.45, 7) is 1.39. The summed E-state index contributed by atoms with van der Waals surface area (Å²) in [5.41, 5.74) is 2.25. The Morgan fingerprint density at radius 2 is 2.14 bits per heavy atom. The van der Waals surface area contributed by atoms with E-state index in [4.69, 9.17) is 4.74 Å². The minimum absolute atomic E-state index is 0.161. The third-order valence-corrected chi connectivity index (χ3v) is 3.32. The van der Waals surface area contributed by atoms with Crippen LogP contribution in [0.3, 0.4) is 0 Å². The van der Waals surface area contributed by atoms with Crippen LogP contribution >= 0.6 is 0 Å². The Bertz CT molecular complexity index is 649. The van der Waals surface area contributed by atoms with Gasteiger partial charge in [-0.1, -0.05) is 12.1 Å². The van der Waals surface area contributed by atoms with E-state index in [-0.39, 0.29) is 5.91 Å². The number of nitrogens with one attached hydrogen (secondary N) is 1. The van der Waals surface area contributed by atoms with Crippen LogP contribution in [0.5, 0.6) is 5.75 Å². The molecule has 22 heavy (non-hydrogen) atoms. The second-order valence-electron chi connectivity index (χ2n) is 5.33. The van der Waals surface area contributed by atoms with E-state index in [1.54, 1.807) is 17.9 Å². The number of carbonyl (C=O) groups is 1. The Balaban J connectivity index is 2.15. The molecular formula is C16H22N4O2. The second-order valence-corrected chi connectivity index (χ2v) is 5.33. The molecule has 0 radical (unpaired) electrons. The lowest BCUT2D eigenvalue weighted by atomic mass is 10.1. The van der Waals surface area contributed by atoms with Gasteiger partial charge < -0.3 is 15.0 Å². The van der Waals surface area contributed by atoms with E-state index < -0.39 is 0 Å². The van der Waals surface area contributed by atoms with Gasteiger partial charge in [-0.3, -0.25) is 9.48 Å². The fourth-order valence-electron chi connectivity index (χ4n) is 2.11. The normalized spacial score (nSPS) is 10.8. The third-order valence-electron chi connectivity index (χ3n) is 3.32. The van der Waals surface area contributed by atoms with Gasteiger partial charge >= 0.3 is 0 Å². The molecule has 0 atom stereocenters. The quantitative estimate of drug-likeness (QED) is 0.876. The van der Waals surface area contributed by atoms with Crippen molar-refractivity contribution in [3.05, 3.63) is 36.0 Å². The van der Waals surface area contributed by atoms with Crippen LogP contribution < -0.4 is 10.1 Å². The highest BCUT2D eigenvalue weighted by Gasteiger charge is 2.14. The first-order valence-electron chi connectivity index (χ1n) is 7.12. The van der Waals surface area contributed by atoms with E-state index in [0.717, 1.165) is 23.6 Å². The van der Waals surface area contributed by atoms with E-state index in [1.807, 2.05) is 50.3 Å². The van der Waals surface area contributed by atoms with E-state index >= 15 is 0 Å². The average Bonchev–Trinajstić information content (AvgIpc) is 2.89. The number of rotatable bonds is 6. The van der Waals surface area contributed by atoms with Crippen LogP contribution in [-0.4, -0.2) is 54.9 Å². The van der Waals surface area contributed by atoms with Crippen molar-refractivity contribution < 1.29 is 9.53 Å². The van der Waals surface area contributed by atoms with Gasteiger partial charge in [-0.2, -0.15) is 5.10 Å². The highest BCUT2D eigenvalue weighted by atomic mass is 16.5. The standard InChI is InChI=1S/C16H22N4O2/c1-19(2)9-8-17-16(21)14-11-15(20(3)18-14)12-6-5-7-13(10-12)22-4/h5-7,10-11H,8-9H2,1-4H3,(H,17,21). The number of aryl methyl sites for hydroxylation is 1. The number of aromatic nitrogens is 2. The van der Waals surface area contributed by atoms with Crippen molar-refractivity contribution in [2.75, 3.05) is 34.3 Å². The monoisotopic (exact) mass is 302 g/mol. The number of benzene rings is 1. The Labute approximate surface area is 130 Å². The fraction of sp³-hybridized carbons (Fsp3) is 0.375. The van der Waals surface area contributed by atoms with Crippen LogP contribution in [0.25, 0.3) is 11.3 Å². The third kappa shape index (κ3) is 3.85. The van der Waals surface area contributed by atoms with Crippen LogP contribution in [0.15, 0.2) is 30.3 Å². The first kappa shape index (κ1) is 16.0. The maximum atomic E-state index is 12.1. The number of amides is 1. The lowest BCUT2D eigenvalue weighted by Crippen LogP contribution is -2.31. The van der Waals surface area contributed by atoms with E-state index in [0.29, 0.717) is 12.2 Å². The first-order chi connectivity index (χ1) is 10.5. The molecule has 0 aliphatic carbocycles. The van der Waals surface area contributed by atoms with Gasteiger partial charge in [0.2, 0.25) is 0 Å². The molecule has 0 fully saturated rings. The zero-order valence-electron chi connectivity index (χ0n) is 13.5. The van der Waals surface area contributed by atoms with Crippen LogP contribution in [0.2, 0.25) is 0 Å². The number of likely N-dealkylation sites (N-methyl/N-ethyl adjacent to an activating group) is 1. The van der Waals surface area contributed by atoms with Crippen molar-refractivity contribution in [2.24, 2.45) is 7.05 Å². The molecular weight excluding hydrogens is 280 g/mol. The molecule has 0 bridgehead atoms. The molecule has 1 N–H and O–H groups in total. The first-order valence-corrected chi connectivity index (χ1v) is 7.12. The van der Waals surface area contributed by atoms with E-state index in [2.05, 4.69) is 10.4 Å². The number of hydrogen-bond donors (Lipinski definition) is 1. The summed E-state index contributed by atoms with van der Waals surface area (Å²) in [5, 5.41) is 7.15. The summed E-state index contributed by atoms with van der Waals surface area (Å²) < 4.78 is 6.94. The Morgan fingerprint density at radius 3 is 2.82 bits per heavy atom. The molecule has 0 unspecified atom stereocenters. The summed E-state index contributed by atoms with van der Waals surface area (Å²) in [4.78, 5) is 14.1. The molecule has 0 aliphatic rings. The zero-order chi connectivity index (χ0) is 16.1. The molecule has 118 valence electrons. The highest BCUT2D eigenvalue weighted by Crippen LogP contribution is 2.24. The van der Waals surface area contributed by atoms with E-state index in [1.165, 1.54) is 0 Å². The SMILES string of the molecule is COc1cccc(-c2cc(C(=O)NCCN(C)C)nn2C)c1. The van der Waals surface area contributed by atoms with Gasteiger partial charge in [-0.15, -0.1) is 0 Å². The van der Waals surface area contributed by atoms with Crippen molar-refractivity contribution in [2.45, 2.75) is 0 Å². The largest absolute Gasteiger partial charge is 0.497 e. The Hall–Kier alpha value is -2.34. The molecule has 1 aromatic carbocycles. The molecule has 2 rings (SSSR count). The predicted molar refractivity (Wildman–Crippen MR) is 86.1 cm³/mol. The zero-order valence-corrected chi connectivity index (χ0v) is 13.5. The molecule has 0 aliphatic heterocycles. The number of hydrogen-bond acceptors (Lipinski definition) is 4. The molecule has 6 nitrogen and oxygen atoms in total. The second kappa shape index (κ2) is 7.09. The van der Waals surface area contributed by atoms with Crippen molar-refractivity contribution in [3.8, 4) is 17.0 Å². The molecule has 1 amide bonds. The van der Waals surface area contributed by atoms with E-state index in [9.17, 15) is 4.79 Å². The van der Waals surface area contributed by atoms with Crippen molar-refractivity contribution in [1.82, 2.24) is 20.0 Å². The maximum Gasteiger partial charge on any atom is 0.271 e. The molecule has 0 spiro atoms. The van der Waals surface area contributed by atoms with Crippen molar-refractivity contribution in [1.29, 1.82) is 0 Å². The van der Waals surface area contributed by atoms with Gasteiger partial charge in [0, 0.05) is 25.7 Å². The lowest BCUT2D eigenvalue weighted by Gasteiger charge is -2.09. The minimum Gasteiger partial charge on any atom is -0.497 e. The Kier molecular flexibility index (Phi) is 5.16. The van der Waals surface area contributed by atoms with Crippen LogP contribution in [0.1, 0.15) is 10.5 Å². The summed E-state index contributed by atoms with van der Waals surface area (Å²) in [6.07, 6.45) is 0. The maximum absolute atomic E-state index is 12.1. The minimum atomic E-state index is -0.161. The van der Waals surface area contributed by atoms with Crippen LogP contribution in [-0.2, 0) is 7.05 Å². The van der Waals surface area contributed by atoms with Gasteiger partial charge in [0.25, 0.3) is 5.91 Å². The van der Waals surface area contributed by atoms with Gasteiger partial charge in [0.05, 0.1) is 12.8 Å². The lowest BCUT2D eigenvalue weighted by molar-refractivity contribution is 0.0945. The summed E-state index contributed by atoms with van der Waals surface area (Å²) >= 11 is 0. The summed E-state index contributed by atoms with van der Waals surface area (Å²) in [5.74, 6) is 0.613. The van der Waals surface area contributed by atoms with Gasteiger partial charge in [-0.25, -0.2) is 0 Å². The summed E-state index contributed by atoms with van der Waals surface area (Å²) in [6, 6.07) is 9.48. The van der Waals surface area contributed by atoms with Gasteiger partial charge in [-0.05, 0) is 32.3 Å². The van der Waals surface area contributed by atoms with Gasteiger partial charge in [0.1, 0.15) is 5.75 Å². The topological polar surface area (TPSA) is 59.4 Å². The van der Waals surface area contributed by atoms with Crippen LogP contribution in [0.4, 0.5) is 0 Å². The molecule has 6 heteroatoms. The smallest absolute Gasteiger partial charge is 0.271 e. The van der Waals surface area contributed by atoms with Crippen molar-refractivity contribution >= 4 is 5.91 Å². The predicted octanol–water partition coefficient (Wildman–Crippen LogP) is 1.39. The van der Waals surface area contributed by atoms with Gasteiger partial charge in [0.15, 0.2) is 5.69 Å². The fourth-order valence-corrected chi connectivity index (χ4v) is 2.11. The van der Waals surface area contributed by atoms with Crippen LogP contribution in [0, 0.1) is 0 Å². The number of methoxy groups -OCH3 is 1. The number of carbonyl (C=O) groups excluding carboxylic acids is 1. The van der Waals surface area contributed by atoms with Crippen molar-refractivity contribution in [3.63, 3.8) is 0 Å². The molecule has 0 saturated carbocycles. The summed E-state index contributed by atoms with van der Waals surface area (Å²) in [7, 11) is 7.39. The average molecular weight is 302 g/mol. The molecule has 1 aromatic heterocycles. The Morgan fingerprint density at radius 1 is 1.36 bits per heavy atom.